The standard InChI is InChI=1S/C13H28N2O/c1-12(2)15-7-5-13(3,6-8-15)11-14(4)9-10-16/h12,16H,5-11H2,1-4H3. The molecule has 1 fully saturated rings. The van der Waals surface area contributed by atoms with Crippen molar-refractivity contribution in [2.24, 2.45) is 5.41 Å². The minimum absolute atomic E-state index is 0.269. The highest BCUT2D eigenvalue weighted by molar-refractivity contribution is 4.85. The fourth-order valence-corrected chi connectivity index (χ4v) is 2.64. The third-order valence-electron chi connectivity index (χ3n) is 3.87. The lowest BCUT2D eigenvalue weighted by Gasteiger charge is -2.42. The molecule has 1 heterocycles. The number of nitrogens with zero attached hydrogens (tertiary/aromatic N) is 2. The van der Waals surface area contributed by atoms with Crippen LogP contribution in [0.3, 0.4) is 0 Å². The number of likely N-dealkylation sites (tertiary alicyclic amines) is 1. The number of hydrogen-bond donors (Lipinski definition) is 1. The summed E-state index contributed by atoms with van der Waals surface area (Å²) < 4.78 is 0. The van der Waals surface area contributed by atoms with E-state index in [2.05, 4.69) is 37.6 Å². The Morgan fingerprint density at radius 3 is 2.31 bits per heavy atom. The van der Waals surface area contributed by atoms with Gasteiger partial charge in [-0.3, -0.25) is 0 Å². The van der Waals surface area contributed by atoms with Crippen molar-refractivity contribution in [2.45, 2.75) is 39.7 Å². The lowest BCUT2D eigenvalue weighted by Crippen LogP contribution is -2.46. The summed E-state index contributed by atoms with van der Waals surface area (Å²) >= 11 is 0. The molecule has 0 saturated carbocycles. The second-order valence-electron chi connectivity index (χ2n) is 5.90. The summed E-state index contributed by atoms with van der Waals surface area (Å²) in [7, 11) is 2.11. The number of hydrogen-bond acceptors (Lipinski definition) is 3. The molecule has 0 radical (unpaired) electrons. The Kier molecular flexibility index (Phi) is 5.22. The Labute approximate surface area is 100 Å². The molecular formula is C13H28N2O. The minimum Gasteiger partial charge on any atom is -0.395 e. The van der Waals surface area contributed by atoms with E-state index >= 15 is 0 Å². The monoisotopic (exact) mass is 228 g/mol. The van der Waals surface area contributed by atoms with Gasteiger partial charge in [0.2, 0.25) is 0 Å². The van der Waals surface area contributed by atoms with Gasteiger partial charge < -0.3 is 14.9 Å². The van der Waals surface area contributed by atoms with Gasteiger partial charge in [-0.15, -0.1) is 0 Å². The highest BCUT2D eigenvalue weighted by atomic mass is 16.3. The van der Waals surface area contributed by atoms with Crippen molar-refractivity contribution >= 4 is 0 Å². The van der Waals surface area contributed by atoms with Crippen LogP contribution >= 0.6 is 0 Å². The molecular weight excluding hydrogens is 200 g/mol. The van der Waals surface area contributed by atoms with E-state index in [0.29, 0.717) is 11.5 Å². The quantitative estimate of drug-likeness (QED) is 0.771. The number of piperidine rings is 1. The van der Waals surface area contributed by atoms with Gasteiger partial charge >= 0.3 is 0 Å². The second-order valence-corrected chi connectivity index (χ2v) is 5.90. The lowest BCUT2D eigenvalue weighted by molar-refractivity contribution is 0.0638. The summed E-state index contributed by atoms with van der Waals surface area (Å²) in [6.45, 7) is 11.6. The first-order valence-electron chi connectivity index (χ1n) is 6.50. The smallest absolute Gasteiger partial charge is 0.0558 e. The van der Waals surface area contributed by atoms with E-state index in [9.17, 15) is 0 Å². The van der Waals surface area contributed by atoms with Crippen LogP contribution in [-0.4, -0.2) is 60.8 Å². The molecule has 96 valence electrons. The Morgan fingerprint density at radius 2 is 1.88 bits per heavy atom. The first-order valence-corrected chi connectivity index (χ1v) is 6.50. The van der Waals surface area contributed by atoms with E-state index in [1.54, 1.807) is 0 Å². The van der Waals surface area contributed by atoms with E-state index in [0.717, 1.165) is 13.1 Å². The molecule has 3 nitrogen and oxygen atoms in total. The Hall–Kier alpha value is -0.120. The molecule has 0 aliphatic carbocycles. The summed E-state index contributed by atoms with van der Waals surface area (Å²) in [6.07, 6.45) is 2.56. The van der Waals surface area contributed by atoms with Crippen LogP contribution in [0.2, 0.25) is 0 Å². The number of aliphatic hydroxyl groups excluding tert-OH is 1. The first kappa shape index (κ1) is 13.9. The van der Waals surface area contributed by atoms with E-state index in [1.807, 2.05) is 0 Å². The van der Waals surface area contributed by atoms with Crippen molar-refractivity contribution < 1.29 is 5.11 Å². The molecule has 0 amide bonds. The topological polar surface area (TPSA) is 26.7 Å². The third-order valence-corrected chi connectivity index (χ3v) is 3.87. The van der Waals surface area contributed by atoms with Crippen LogP contribution in [0.15, 0.2) is 0 Å². The molecule has 0 aromatic carbocycles. The molecule has 1 aliphatic rings. The zero-order valence-corrected chi connectivity index (χ0v) is 11.4. The Morgan fingerprint density at radius 1 is 1.31 bits per heavy atom. The Balaban J connectivity index is 2.37. The van der Waals surface area contributed by atoms with Gasteiger partial charge in [0.15, 0.2) is 0 Å². The normalized spacial score (nSPS) is 21.9. The summed E-state index contributed by atoms with van der Waals surface area (Å²) in [5.41, 5.74) is 0.440. The average Bonchev–Trinajstić information content (AvgIpc) is 2.17. The minimum atomic E-state index is 0.269. The van der Waals surface area contributed by atoms with Crippen LogP contribution in [-0.2, 0) is 0 Å². The lowest BCUT2D eigenvalue weighted by atomic mass is 9.79. The zero-order chi connectivity index (χ0) is 12.2. The predicted molar refractivity (Wildman–Crippen MR) is 68.6 cm³/mol. The van der Waals surface area contributed by atoms with Crippen LogP contribution in [0.1, 0.15) is 33.6 Å². The summed E-state index contributed by atoms with van der Waals surface area (Å²) in [5.74, 6) is 0. The Bertz CT molecular complexity index is 198. The summed E-state index contributed by atoms with van der Waals surface area (Å²) in [5, 5.41) is 8.92. The van der Waals surface area contributed by atoms with Crippen LogP contribution < -0.4 is 0 Å². The van der Waals surface area contributed by atoms with E-state index in [4.69, 9.17) is 5.11 Å². The van der Waals surface area contributed by atoms with Crippen molar-refractivity contribution in [3.05, 3.63) is 0 Å². The molecule has 0 aromatic heterocycles. The van der Waals surface area contributed by atoms with Crippen LogP contribution in [0, 0.1) is 5.41 Å². The van der Waals surface area contributed by atoms with Crippen molar-refractivity contribution in [3.63, 3.8) is 0 Å². The van der Waals surface area contributed by atoms with Gasteiger partial charge in [-0.2, -0.15) is 0 Å². The van der Waals surface area contributed by atoms with Gasteiger partial charge in [0.05, 0.1) is 6.61 Å². The molecule has 1 aliphatic heterocycles. The molecule has 1 rings (SSSR count). The molecule has 1 N–H and O–H groups in total. The molecule has 16 heavy (non-hydrogen) atoms. The number of rotatable bonds is 5. The maximum atomic E-state index is 8.92. The largest absolute Gasteiger partial charge is 0.395 e. The molecule has 1 saturated heterocycles. The maximum absolute atomic E-state index is 8.92. The molecule has 0 unspecified atom stereocenters. The highest BCUT2D eigenvalue weighted by Crippen LogP contribution is 2.32. The van der Waals surface area contributed by atoms with Crippen molar-refractivity contribution in [3.8, 4) is 0 Å². The van der Waals surface area contributed by atoms with Gasteiger partial charge in [-0.05, 0) is 52.2 Å². The summed E-state index contributed by atoms with van der Waals surface area (Å²) in [4.78, 5) is 4.82. The number of likely N-dealkylation sites (N-methyl/N-ethyl adjacent to an activating group) is 1. The third kappa shape index (κ3) is 4.04. The fraction of sp³-hybridized carbons (Fsp3) is 1.00. The highest BCUT2D eigenvalue weighted by Gasteiger charge is 2.31. The van der Waals surface area contributed by atoms with Crippen molar-refractivity contribution in [2.75, 3.05) is 39.8 Å². The van der Waals surface area contributed by atoms with E-state index < -0.39 is 0 Å². The zero-order valence-electron chi connectivity index (χ0n) is 11.4. The van der Waals surface area contributed by atoms with Gasteiger partial charge in [-0.25, -0.2) is 0 Å². The molecule has 3 heteroatoms. The first-order chi connectivity index (χ1) is 7.47. The van der Waals surface area contributed by atoms with Crippen molar-refractivity contribution in [1.82, 2.24) is 9.80 Å². The molecule has 0 bridgehead atoms. The predicted octanol–water partition coefficient (Wildman–Crippen LogP) is 1.42. The maximum Gasteiger partial charge on any atom is 0.0558 e. The SMILES string of the molecule is CC(C)N1CCC(C)(CN(C)CCO)CC1. The van der Waals surface area contributed by atoms with Gasteiger partial charge in [0, 0.05) is 19.1 Å². The fourth-order valence-electron chi connectivity index (χ4n) is 2.64. The van der Waals surface area contributed by atoms with Crippen LogP contribution in [0.4, 0.5) is 0 Å². The molecule has 0 spiro atoms. The molecule has 0 aromatic rings. The van der Waals surface area contributed by atoms with Crippen molar-refractivity contribution in [1.29, 1.82) is 0 Å². The van der Waals surface area contributed by atoms with Gasteiger partial charge in [-0.1, -0.05) is 6.92 Å². The molecule has 0 atom stereocenters. The van der Waals surface area contributed by atoms with Gasteiger partial charge in [0.25, 0.3) is 0 Å². The average molecular weight is 228 g/mol. The van der Waals surface area contributed by atoms with Crippen LogP contribution in [0.5, 0.6) is 0 Å². The second kappa shape index (κ2) is 5.99. The van der Waals surface area contributed by atoms with E-state index in [-0.39, 0.29) is 6.61 Å². The van der Waals surface area contributed by atoms with Crippen LogP contribution in [0.25, 0.3) is 0 Å². The summed E-state index contributed by atoms with van der Waals surface area (Å²) in [6, 6.07) is 0.680. The number of aliphatic hydroxyl groups is 1. The van der Waals surface area contributed by atoms with E-state index in [1.165, 1.54) is 25.9 Å². The van der Waals surface area contributed by atoms with Gasteiger partial charge in [0.1, 0.15) is 0 Å².